The third kappa shape index (κ3) is 4.61. The maximum atomic E-state index is 11.9. The van der Waals surface area contributed by atoms with Crippen molar-refractivity contribution < 1.29 is 9.53 Å². The van der Waals surface area contributed by atoms with Crippen molar-refractivity contribution in [2.75, 3.05) is 20.2 Å². The highest BCUT2D eigenvalue weighted by Crippen LogP contribution is 2.10. The van der Waals surface area contributed by atoms with Gasteiger partial charge in [0.1, 0.15) is 6.04 Å². The molecule has 0 spiro atoms. The van der Waals surface area contributed by atoms with Crippen molar-refractivity contribution in [1.82, 2.24) is 4.90 Å². The molecule has 0 N–H and O–H groups in total. The molecule has 0 aliphatic carbocycles. The summed E-state index contributed by atoms with van der Waals surface area (Å²) in [6.45, 7) is 4.63. The van der Waals surface area contributed by atoms with E-state index in [1.807, 2.05) is 35.2 Å². The lowest BCUT2D eigenvalue weighted by Crippen LogP contribution is -2.43. The Kier molecular flexibility index (Phi) is 6.42. The zero-order valence-electron chi connectivity index (χ0n) is 11.2. The van der Waals surface area contributed by atoms with E-state index < -0.39 is 0 Å². The Morgan fingerprint density at radius 3 is 2.74 bits per heavy atom. The van der Waals surface area contributed by atoms with Crippen molar-refractivity contribution in [3.8, 4) is 12.3 Å². The molecule has 0 saturated carbocycles. The minimum atomic E-state index is -0.388. The van der Waals surface area contributed by atoms with Crippen LogP contribution in [0.25, 0.3) is 0 Å². The normalized spacial score (nSPS) is 11.6. The number of nitrogens with zero attached hydrogens (tertiary/aromatic N) is 1. The molecule has 19 heavy (non-hydrogen) atoms. The van der Waals surface area contributed by atoms with Gasteiger partial charge in [0.2, 0.25) is 0 Å². The van der Waals surface area contributed by atoms with Crippen LogP contribution in [0.4, 0.5) is 0 Å². The van der Waals surface area contributed by atoms with E-state index in [1.54, 1.807) is 6.08 Å². The minimum Gasteiger partial charge on any atom is -0.468 e. The largest absolute Gasteiger partial charge is 0.468 e. The second-order valence-corrected chi connectivity index (χ2v) is 4.15. The molecule has 0 bridgehead atoms. The average Bonchev–Trinajstić information content (AvgIpc) is 2.45. The molecule has 0 aliphatic heterocycles. The van der Waals surface area contributed by atoms with Gasteiger partial charge in [-0.1, -0.05) is 42.3 Å². The molecule has 0 saturated heterocycles. The standard InChI is InChI=1S/C16H19NO2/c1-4-11-17(12-5-2)15(16(18)19-3)13-14-9-7-6-8-10-14/h1,5-10,15H,2,11-13H2,3H3. The number of terminal acetylenes is 1. The molecule has 0 aromatic heterocycles. The number of hydrogen-bond donors (Lipinski definition) is 0. The van der Waals surface area contributed by atoms with Gasteiger partial charge in [-0.05, 0) is 12.0 Å². The number of carbonyl (C=O) groups is 1. The lowest BCUT2D eigenvalue weighted by Gasteiger charge is -2.27. The van der Waals surface area contributed by atoms with Gasteiger partial charge in [-0.3, -0.25) is 9.69 Å². The summed E-state index contributed by atoms with van der Waals surface area (Å²) in [6.07, 6.45) is 7.66. The Bertz CT molecular complexity index is 448. The van der Waals surface area contributed by atoms with Crippen LogP contribution in [0.15, 0.2) is 43.0 Å². The van der Waals surface area contributed by atoms with Crippen LogP contribution in [-0.2, 0) is 16.0 Å². The first kappa shape index (κ1) is 15.0. The van der Waals surface area contributed by atoms with Crippen LogP contribution in [0.1, 0.15) is 5.56 Å². The number of carbonyl (C=O) groups excluding carboxylic acids is 1. The van der Waals surface area contributed by atoms with Gasteiger partial charge in [-0.25, -0.2) is 0 Å². The SMILES string of the molecule is C#CCN(CC=C)C(Cc1ccccc1)C(=O)OC. The van der Waals surface area contributed by atoms with Gasteiger partial charge < -0.3 is 4.74 Å². The Hall–Kier alpha value is -2.05. The van der Waals surface area contributed by atoms with Crippen molar-refractivity contribution in [3.63, 3.8) is 0 Å². The first-order valence-electron chi connectivity index (χ1n) is 6.13. The third-order valence-corrected chi connectivity index (χ3v) is 2.84. The highest BCUT2D eigenvalue weighted by molar-refractivity contribution is 5.76. The predicted octanol–water partition coefficient (Wildman–Crippen LogP) is 1.89. The van der Waals surface area contributed by atoms with Gasteiger partial charge in [0.15, 0.2) is 0 Å². The van der Waals surface area contributed by atoms with Gasteiger partial charge in [-0.2, -0.15) is 0 Å². The molecule has 3 heteroatoms. The second-order valence-electron chi connectivity index (χ2n) is 4.15. The van der Waals surface area contributed by atoms with Gasteiger partial charge >= 0.3 is 5.97 Å². The van der Waals surface area contributed by atoms with Gasteiger partial charge in [0.05, 0.1) is 13.7 Å². The Morgan fingerprint density at radius 2 is 2.21 bits per heavy atom. The molecule has 0 amide bonds. The van der Waals surface area contributed by atoms with Gasteiger partial charge in [-0.15, -0.1) is 13.0 Å². The molecule has 1 aromatic rings. The third-order valence-electron chi connectivity index (χ3n) is 2.84. The first-order valence-corrected chi connectivity index (χ1v) is 6.13. The molecule has 0 radical (unpaired) electrons. The number of benzene rings is 1. The van der Waals surface area contributed by atoms with E-state index in [0.717, 1.165) is 5.56 Å². The molecular formula is C16H19NO2. The highest BCUT2D eigenvalue weighted by atomic mass is 16.5. The fraction of sp³-hybridized carbons (Fsp3) is 0.312. The Morgan fingerprint density at radius 1 is 1.53 bits per heavy atom. The quantitative estimate of drug-likeness (QED) is 0.424. The topological polar surface area (TPSA) is 29.5 Å². The minimum absolute atomic E-state index is 0.277. The molecule has 1 atom stereocenters. The zero-order valence-corrected chi connectivity index (χ0v) is 11.2. The van der Waals surface area contributed by atoms with Crippen molar-refractivity contribution in [2.24, 2.45) is 0 Å². The van der Waals surface area contributed by atoms with E-state index in [0.29, 0.717) is 19.5 Å². The van der Waals surface area contributed by atoms with E-state index >= 15 is 0 Å². The lowest BCUT2D eigenvalue weighted by atomic mass is 10.0. The summed E-state index contributed by atoms with van der Waals surface area (Å²) >= 11 is 0. The summed E-state index contributed by atoms with van der Waals surface area (Å²) in [5.74, 6) is 2.29. The number of hydrogen-bond acceptors (Lipinski definition) is 3. The first-order chi connectivity index (χ1) is 9.22. The molecule has 1 unspecified atom stereocenters. The number of esters is 1. The number of rotatable bonds is 7. The van der Waals surface area contributed by atoms with Crippen molar-refractivity contribution in [3.05, 3.63) is 48.6 Å². The summed E-state index contributed by atoms with van der Waals surface area (Å²) < 4.78 is 4.87. The van der Waals surface area contributed by atoms with Crippen LogP contribution in [0.5, 0.6) is 0 Å². The summed E-state index contributed by atoms with van der Waals surface area (Å²) in [7, 11) is 1.39. The Balaban J connectivity index is 2.90. The van der Waals surface area contributed by atoms with Crippen LogP contribution in [-0.4, -0.2) is 37.1 Å². The van der Waals surface area contributed by atoms with Crippen LogP contribution < -0.4 is 0 Å². The van der Waals surface area contributed by atoms with Crippen LogP contribution in [0.2, 0.25) is 0 Å². The van der Waals surface area contributed by atoms with E-state index in [9.17, 15) is 4.79 Å². The maximum Gasteiger partial charge on any atom is 0.323 e. The van der Waals surface area contributed by atoms with E-state index in [4.69, 9.17) is 11.2 Å². The lowest BCUT2D eigenvalue weighted by molar-refractivity contribution is -0.146. The van der Waals surface area contributed by atoms with E-state index in [-0.39, 0.29) is 12.0 Å². The molecule has 0 fully saturated rings. The number of methoxy groups -OCH3 is 1. The fourth-order valence-electron chi connectivity index (χ4n) is 1.92. The molecule has 1 aromatic carbocycles. The molecule has 1 rings (SSSR count). The molecule has 3 nitrogen and oxygen atoms in total. The zero-order chi connectivity index (χ0) is 14.1. The summed E-state index contributed by atoms with van der Waals surface area (Å²) in [4.78, 5) is 13.8. The van der Waals surface area contributed by atoms with E-state index in [2.05, 4.69) is 12.5 Å². The summed E-state index contributed by atoms with van der Waals surface area (Å²) in [5.41, 5.74) is 1.07. The average molecular weight is 257 g/mol. The van der Waals surface area contributed by atoms with Crippen molar-refractivity contribution in [2.45, 2.75) is 12.5 Å². The van der Waals surface area contributed by atoms with Gasteiger partial charge in [0, 0.05) is 6.54 Å². The monoisotopic (exact) mass is 257 g/mol. The predicted molar refractivity (Wildman–Crippen MR) is 76.6 cm³/mol. The van der Waals surface area contributed by atoms with Crippen LogP contribution >= 0.6 is 0 Å². The molecular weight excluding hydrogens is 238 g/mol. The smallest absolute Gasteiger partial charge is 0.323 e. The van der Waals surface area contributed by atoms with Crippen molar-refractivity contribution >= 4 is 5.97 Å². The highest BCUT2D eigenvalue weighted by Gasteiger charge is 2.25. The van der Waals surface area contributed by atoms with E-state index in [1.165, 1.54) is 7.11 Å². The van der Waals surface area contributed by atoms with Crippen LogP contribution in [0, 0.1) is 12.3 Å². The number of ether oxygens (including phenoxy) is 1. The fourth-order valence-corrected chi connectivity index (χ4v) is 1.92. The molecule has 0 aliphatic rings. The second kappa shape index (κ2) is 8.12. The maximum absolute atomic E-state index is 11.9. The van der Waals surface area contributed by atoms with Crippen molar-refractivity contribution in [1.29, 1.82) is 0 Å². The molecule has 100 valence electrons. The van der Waals surface area contributed by atoms with Gasteiger partial charge in [0.25, 0.3) is 0 Å². The summed E-state index contributed by atoms with van der Waals surface area (Å²) in [5, 5.41) is 0. The van der Waals surface area contributed by atoms with Crippen LogP contribution in [0.3, 0.4) is 0 Å². The molecule has 0 heterocycles. The summed E-state index contributed by atoms with van der Waals surface area (Å²) in [6, 6.07) is 9.42. The Labute approximate surface area is 114 Å².